The van der Waals surface area contributed by atoms with Crippen LogP contribution in [0, 0.1) is 0 Å². The summed E-state index contributed by atoms with van der Waals surface area (Å²) in [6, 6.07) is 7.17. The van der Waals surface area contributed by atoms with Gasteiger partial charge >= 0.3 is 0 Å². The van der Waals surface area contributed by atoms with Crippen LogP contribution >= 0.6 is 0 Å². The third-order valence-electron chi connectivity index (χ3n) is 3.29. The number of amides is 1. The van der Waals surface area contributed by atoms with Gasteiger partial charge in [-0.2, -0.15) is 0 Å². The van der Waals surface area contributed by atoms with E-state index in [4.69, 9.17) is 4.74 Å². The van der Waals surface area contributed by atoms with Gasteiger partial charge in [-0.25, -0.2) is 0 Å². The van der Waals surface area contributed by atoms with Gasteiger partial charge in [-0.1, -0.05) is 32.4 Å². The van der Waals surface area contributed by atoms with Crippen LogP contribution < -0.4 is 10.1 Å². The topological polar surface area (TPSA) is 55.4 Å². The Balaban J connectivity index is 2.72. The van der Waals surface area contributed by atoms with Crippen molar-refractivity contribution in [3.63, 3.8) is 0 Å². The molecule has 4 nitrogen and oxygen atoms in total. The number of nitrogens with one attached hydrogen (secondary N) is 1. The molecule has 0 saturated carbocycles. The average molecular weight is 291 g/mol. The lowest BCUT2D eigenvalue weighted by atomic mass is 10.1. The molecule has 0 aliphatic heterocycles. The predicted molar refractivity (Wildman–Crippen MR) is 83.7 cm³/mol. The van der Waals surface area contributed by atoms with Crippen molar-refractivity contribution in [1.29, 1.82) is 0 Å². The first-order valence-corrected chi connectivity index (χ1v) is 7.58. The van der Waals surface area contributed by atoms with Crippen LogP contribution in [0.3, 0.4) is 0 Å². The smallest absolute Gasteiger partial charge is 0.260 e. The minimum absolute atomic E-state index is 0.0116. The number of hydrogen-bond donors (Lipinski definition) is 1. The Morgan fingerprint density at radius 3 is 2.48 bits per heavy atom. The molecule has 116 valence electrons. The molecule has 0 aromatic heterocycles. The molecule has 2 unspecified atom stereocenters. The Labute approximate surface area is 126 Å². The summed E-state index contributed by atoms with van der Waals surface area (Å²) in [6.45, 7) is 7.56. The van der Waals surface area contributed by atoms with Crippen molar-refractivity contribution < 1.29 is 14.3 Å². The second-order valence-corrected chi connectivity index (χ2v) is 5.23. The Bertz CT molecular complexity index is 485. The molecule has 0 heterocycles. The van der Waals surface area contributed by atoms with E-state index in [1.165, 1.54) is 0 Å². The summed E-state index contributed by atoms with van der Waals surface area (Å²) in [5.74, 6) is 0.322. The molecule has 1 rings (SSSR count). The van der Waals surface area contributed by atoms with Gasteiger partial charge in [0.2, 0.25) is 0 Å². The Hall–Kier alpha value is -1.84. The van der Waals surface area contributed by atoms with Gasteiger partial charge in [-0.3, -0.25) is 9.59 Å². The molecule has 0 spiro atoms. The van der Waals surface area contributed by atoms with Crippen LogP contribution in [0.2, 0.25) is 0 Å². The molecular weight excluding hydrogens is 266 g/mol. The summed E-state index contributed by atoms with van der Waals surface area (Å²) in [6.07, 6.45) is 1.73. The molecule has 21 heavy (non-hydrogen) atoms. The van der Waals surface area contributed by atoms with Crippen LogP contribution in [0.4, 0.5) is 0 Å². The normalized spacial score (nSPS) is 13.3. The Morgan fingerprint density at radius 2 is 1.86 bits per heavy atom. The molecule has 1 aromatic carbocycles. The molecule has 1 aromatic rings. The third-order valence-corrected chi connectivity index (χ3v) is 3.29. The Kier molecular flexibility index (Phi) is 6.92. The zero-order valence-corrected chi connectivity index (χ0v) is 13.3. The summed E-state index contributed by atoms with van der Waals surface area (Å²) in [5.41, 5.74) is 0.529. The molecule has 2 atom stereocenters. The van der Waals surface area contributed by atoms with E-state index in [-0.39, 0.29) is 17.7 Å². The lowest BCUT2D eigenvalue weighted by Gasteiger charge is -2.19. The fourth-order valence-electron chi connectivity index (χ4n) is 2.10. The van der Waals surface area contributed by atoms with Gasteiger partial charge in [0.25, 0.3) is 5.91 Å². The summed E-state index contributed by atoms with van der Waals surface area (Å²) < 4.78 is 5.68. The maximum absolute atomic E-state index is 12.1. The number of carbonyl (C=O) groups is 2. The molecule has 0 aliphatic rings. The van der Waals surface area contributed by atoms with E-state index >= 15 is 0 Å². The van der Waals surface area contributed by atoms with Crippen molar-refractivity contribution in [1.82, 2.24) is 5.32 Å². The highest BCUT2D eigenvalue weighted by Crippen LogP contribution is 2.21. The number of Topliss-reactive ketones (excluding diaryl/α,β-unsaturated/α-hetero) is 1. The zero-order valence-electron chi connectivity index (χ0n) is 13.3. The summed E-state index contributed by atoms with van der Waals surface area (Å²) in [4.78, 5) is 23.9. The maximum Gasteiger partial charge on any atom is 0.260 e. The van der Waals surface area contributed by atoms with E-state index in [0.717, 1.165) is 12.8 Å². The lowest BCUT2D eigenvalue weighted by Crippen LogP contribution is -2.41. The predicted octanol–water partition coefficient (Wildman–Crippen LogP) is 3.35. The maximum atomic E-state index is 12.1. The number of carbonyl (C=O) groups excluding carboxylic acids is 2. The molecule has 1 amide bonds. The zero-order chi connectivity index (χ0) is 15.8. The first kappa shape index (κ1) is 17.2. The third kappa shape index (κ3) is 5.21. The molecular formula is C17H25NO3. The van der Waals surface area contributed by atoms with Gasteiger partial charge in [0.05, 0.1) is 5.56 Å². The first-order chi connectivity index (χ1) is 9.99. The van der Waals surface area contributed by atoms with Crippen molar-refractivity contribution >= 4 is 11.7 Å². The van der Waals surface area contributed by atoms with Crippen LogP contribution in [-0.2, 0) is 4.79 Å². The van der Waals surface area contributed by atoms with Gasteiger partial charge in [-0.15, -0.1) is 0 Å². The molecule has 0 fully saturated rings. The SMILES string of the molecule is CCCC(C)NC(=O)C(C)Oc1ccccc1C(=O)CC. The fraction of sp³-hybridized carbons (Fsp3) is 0.529. The molecule has 0 radical (unpaired) electrons. The van der Waals surface area contributed by atoms with E-state index in [1.54, 1.807) is 31.2 Å². The standard InChI is InChI=1S/C17H25NO3/c1-5-9-12(3)18-17(20)13(4)21-16-11-8-7-10-14(16)15(19)6-2/h7-8,10-13H,5-6,9H2,1-4H3,(H,18,20). The van der Waals surface area contributed by atoms with Crippen molar-refractivity contribution in [3.05, 3.63) is 29.8 Å². The molecule has 0 bridgehead atoms. The molecule has 0 saturated heterocycles. The molecule has 4 heteroatoms. The highest BCUT2D eigenvalue weighted by molar-refractivity contribution is 5.98. The second kappa shape index (κ2) is 8.45. The number of para-hydroxylation sites is 1. The average Bonchev–Trinajstić information content (AvgIpc) is 2.47. The summed E-state index contributed by atoms with van der Waals surface area (Å²) in [7, 11) is 0. The minimum Gasteiger partial charge on any atom is -0.480 e. The van der Waals surface area contributed by atoms with Crippen LogP contribution in [0.5, 0.6) is 5.75 Å². The number of hydrogen-bond acceptors (Lipinski definition) is 3. The van der Waals surface area contributed by atoms with E-state index in [1.807, 2.05) is 13.8 Å². The van der Waals surface area contributed by atoms with E-state index in [0.29, 0.717) is 17.7 Å². The molecule has 1 N–H and O–H groups in total. The fourth-order valence-corrected chi connectivity index (χ4v) is 2.10. The number of benzene rings is 1. The van der Waals surface area contributed by atoms with Crippen molar-refractivity contribution in [2.45, 2.75) is 59.1 Å². The van der Waals surface area contributed by atoms with Crippen molar-refractivity contribution in [2.75, 3.05) is 0 Å². The monoisotopic (exact) mass is 291 g/mol. The van der Waals surface area contributed by atoms with Crippen molar-refractivity contribution in [2.24, 2.45) is 0 Å². The van der Waals surface area contributed by atoms with Crippen LogP contribution in [0.15, 0.2) is 24.3 Å². The van der Waals surface area contributed by atoms with Crippen LogP contribution in [0.1, 0.15) is 57.3 Å². The molecule has 0 aliphatic carbocycles. The number of ketones is 1. The summed E-state index contributed by atoms with van der Waals surface area (Å²) >= 11 is 0. The van der Waals surface area contributed by atoms with Crippen LogP contribution in [0.25, 0.3) is 0 Å². The Morgan fingerprint density at radius 1 is 1.19 bits per heavy atom. The van der Waals surface area contributed by atoms with E-state index < -0.39 is 6.10 Å². The van der Waals surface area contributed by atoms with Gasteiger partial charge in [0.15, 0.2) is 11.9 Å². The van der Waals surface area contributed by atoms with Crippen molar-refractivity contribution in [3.8, 4) is 5.75 Å². The number of rotatable bonds is 8. The largest absolute Gasteiger partial charge is 0.480 e. The van der Waals surface area contributed by atoms with Gasteiger partial charge in [-0.05, 0) is 32.4 Å². The highest BCUT2D eigenvalue weighted by atomic mass is 16.5. The van der Waals surface area contributed by atoms with Gasteiger partial charge < -0.3 is 10.1 Å². The van der Waals surface area contributed by atoms with Gasteiger partial charge in [0, 0.05) is 12.5 Å². The summed E-state index contributed by atoms with van der Waals surface area (Å²) in [5, 5.41) is 2.91. The lowest BCUT2D eigenvalue weighted by molar-refractivity contribution is -0.127. The second-order valence-electron chi connectivity index (χ2n) is 5.23. The van der Waals surface area contributed by atoms with E-state index in [2.05, 4.69) is 12.2 Å². The van der Waals surface area contributed by atoms with Gasteiger partial charge in [0.1, 0.15) is 5.75 Å². The van der Waals surface area contributed by atoms with E-state index in [9.17, 15) is 9.59 Å². The quantitative estimate of drug-likeness (QED) is 0.747. The van der Waals surface area contributed by atoms with Crippen LogP contribution in [-0.4, -0.2) is 23.8 Å². The number of ether oxygens (including phenoxy) is 1. The minimum atomic E-state index is -0.630. The highest BCUT2D eigenvalue weighted by Gasteiger charge is 2.19. The first-order valence-electron chi connectivity index (χ1n) is 7.58.